The van der Waals surface area contributed by atoms with E-state index in [0.29, 0.717) is 5.92 Å². The Morgan fingerprint density at radius 2 is 1.73 bits per heavy atom. The van der Waals surface area contributed by atoms with Crippen LogP contribution in [-0.2, 0) is 14.1 Å². The van der Waals surface area contributed by atoms with Crippen molar-refractivity contribution in [3.8, 4) is 0 Å². The van der Waals surface area contributed by atoms with Gasteiger partial charge in [0.05, 0.1) is 11.4 Å². The molecule has 0 radical (unpaired) electrons. The smallest absolute Gasteiger partial charge is 0.183 e. The second-order valence-electron chi connectivity index (χ2n) is 11.1. The van der Waals surface area contributed by atoms with Gasteiger partial charge in [-0.25, -0.2) is 0 Å². The topological polar surface area (TPSA) is 52.4 Å². The predicted octanol–water partition coefficient (Wildman–Crippen LogP) is 5.79. The standard InChI is InChI=1S/C24H40N2O3Si/c1-23-13-12-21-19(20(23)9-10-22(23)26-28-3)8-7-17-15-18(25-27-2)11-14-24(17,21)16-29-30(4,5)6/h15,19-21H,7-14,16H2,1-6H3/b25-18-,26-22+/t19-,20-,21-,23-,24+/m0/s1. The summed E-state index contributed by atoms with van der Waals surface area (Å²) in [6, 6.07) is 0. The first-order chi connectivity index (χ1) is 14.2. The molecule has 4 aliphatic carbocycles. The molecule has 0 aliphatic heterocycles. The maximum Gasteiger partial charge on any atom is 0.183 e. The van der Waals surface area contributed by atoms with Gasteiger partial charge in [-0.05, 0) is 94.8 Å². The Balaban J connectivity index is 1.68. The second kappa shape index (κ2) is 8.08. The lowest BCUT2D eigenvalue weighted by atomic mass is 9.47. The van der Waals surface area contributed by atoms with E-state index in [-0.39, 0.29) is 10.8 Å². The number of nitrogens with zero attached hydrogens (tertiary/aromatic N) is 2. The maximum absolute atomic E-state index is 6.65. The number of rotatable bonds is 5. The molecule has 0 heterocycles. The summed E-state index contributed by atoms with van der Waals surface area (Å²) in [5, 5.41) is 8.76. The Kier molecular flexibility index (Phi) is 5.95. The molecule has 0 aromatic carbocycles. The molecule has 30 heavy (non-hydrogen) atoms. The van der Waals surface area contributed by atoms with Crippen molar-refractivity contribution in [1.29, 1.82) is 0 Å². The van der Waals surface area contributed by atoms with Crippen LogP contribution in [0.2, 0.25) is 19.6 Å². The first-order valence-corrected chi connectivity index (χ1v) is 15.2. The first-order valence-electron chi connectivity index (χ1n) is 11.8. The quantitative estimate of drug-likeness (QED) is 0.408. The van der Waals surface area contributed by atoms with Crippen molar-refractivity contribution in [3.05, 3.63) is 11.6 Å². The van der Waals surface area contributed by atoms with Gasteiger partial charge in [0.15, 0.2) is 8.32 Å². The third-order valence-corrected chi connectivity index (χ3v) is 9.63. The molecule has 4 rings (SSSR count). The van der Waals surface area contributed by atoms with E-state index < -0.39 is 8.32 Å². The largest absolute Gasteiger partial charge is 0.417 e. The predicted molar refractivity (Wildman–Crippen MR) is 124 cm³/mol. The van der Waals surface area contributed by atoms with E-state index in [0.717, 1.165) is 43.4 Å². The number of fused-ring (bicyclic) bond motifs is 5. The average Bonchev–Trinajstić information content (AvgIpc) is 3.03. The molecule has 5 nitrogen and oxygen atoms in total. The molecule has 0 aromatic rings. The Morgan fingerprint density at radius 3 is 2.43 bits per heavy atom. The van der Waals surface area contributed by atoms with Crippen molar-refractivity contribution < 1.29 is 14.1 Å². The van der Waals surface area contributed by atoms with E-state index >= 15 is 0 Å². The van der Waals surface area contributed by atoms with Gasteiger partial charge in [0.2, 0.25) is 0 Å². The van der Waals surface area contributed by atoms with Gasteiger partial charge in [0.1, 0.15) is 14.2 Å². The zero-order chi connectivity index (χ0) is 21.6. The fourth-order valence-corrected chi connectivity index (χ4v) is 7.92. The highest BCUT2D eigenvalue weighted by Gasteiger charge is 2.59. The zero-order valence-electron chi connectivity index (χ0n) is 19.8. The lowest BCUT2D eigenvalue weighted by molar-refractivity contribution is -0.0451. The van der Waals surface area contributed by atoms with Gasteiger partial charge in [-0.3, -0.25) is 0 Å². The van der Waals surface area contributed by atoms with E-state index in [1.54, 1.807) is 19.8 Å². The molecule has 3 fully saturated rings. The highest BCUT2D eigenvalue weighted by atomic mass is 28.4. The van der Waals surface area contributed by atoms with E-state index in [4.69, 9.17) is 14.1 Å². The highest BCUT2D eigenvalue weighted by molar-refractivity contribution is 6.69. The molecule has 5 atom stereocenters. The molecule has 6 heteroatoms. The summed E-state index contributed by atoms with van der Waals surface area (Å²) in [7, 11) is 1.75. The minimum Gasteiger partial charge on any atom is -0.417 e. The van der Waals surface area contributed by atoms with Gasteiger partial charge >= 0.3 is 0 Å². The summed E-state index contributed by atoms with van der Waals surface area (Å²) < 4.78 is 6.65. The van der Waals surface area contributed by atoms with Crippen molar-refractivity contribution in [2.45, 2.75) is 77.9 Å². The summed E-state index contributed by atoms with van der Waals surface area (Å²) in [4.78, 5) is 10.3. The van der Waals surface area contributed by atoms with Crippen LogP contribution in [0.1, 0.15) is 58.3 Å². The van der Waals surface area contributed by atoms with E-state index in [1.165, 1.54) is 37.8 Å². The summed E-state index contributed by atoms with van der Waals surface area (Å²) in [5.41, 5.74) is 4.39. The van der Waals surface area contributed by atoms with E-state index in [2.05, 4.69) is 43.0 Å². The summed E-state index contributed by atoms with van der Waals surface area (Å²) in [5.74, 6) is 2.19. The molecule has 0 spiro atoms. The minimum absolute atomic E-state index is 0.179. The van der Waals surface area contributed by atoms with Crippen LogP contribution in [0.25, 0.3) is 0 Å². The molecule has 4 aliphatic rings. The lowest BCUT2D eigenvalue weighted by Crippen LogP contribution is -2.54. The van der Waals surface area contributed by atoms with Crippen molar-refractivity contribution >= 4 is 19.7 Å². The fourth-order valence-electron chi connectivity index (χ4n) is 7.23. The molecule has 0 unspecified atom stereocenters. The molecule has 3 saturated carbocycles. The van der Waals surface area contributed by atoms with E-state index in [9.17, 15) is 0 Å². The van der Waals surface area contributed by atoms with Gasteiger partial charge < -0.3 is 14.1 Å². The third kappa shape index (κ3) is 3.68. The molecule has 168 valence electrons. The summed E-state index contributed by atoms with van der Waals surface area (Å²) >= 11 is 0. The minimum atomic E-state index is -1.59. The Hall–Kier alpha value is -1.14. The van der Waals surface area contributed by atoms with Crippen LogP contribution in [0.5, 0.6) is 0 Å². The van der Waals surface area contributed by atoms with Crippen LogP contribution in [0.3, 0.4) is 0 Å². The van der Waals surface area contributed by atoms with Crippen LogP contribution >= 0.6 is 0 Å². The van der Waals surface area contributed by atoms with Gasteiger partial charge in [0.25, 0.3) is 0 Å². The molecule has 0 amide bonds. The van der Waals surface area contributed by atoms with Crippen molar-refractivity contribution in [2.24, 2.45) is 38.9 Å². The zero-order valence-corrected chi connectivity index (χ0v) is 20.8. The van der Waals surface area contributed by atoms with Crippen LogP contribution in [0, 0.1) is 28.6 Å². The van der Waals surface area contributed by atoms with Crippen LogP contribution in [0.15, 0.2) is 22.0 Å². The highest BCUT2D eigenvalue weighted by Crippen LogP contribution is 2.64. The summed E-state index contributed by atoms with van der Waals surface area (Å²) in [6.07, 6.45) is 11.8. The molecule has 0 saturated heterocycles. The van der Waals surface area contributed by atoms with Crippen LogP contribution in [0.4, 0.5) is 0 Å². The number of oxime groups is 2. The molecule has 0 N–H and O–H groups in total. The molecular weight excluding hydrogens is 392 g/mol. The second-order valence-corrected chi connectivity index (χ2v) is 15.6. The summed E-state index contributed by atoms with van der Waals surface area (Å²) in [6.45, 7) is 10.3. The van der Waals surface area contributed by atoms with Gasteiger partial charge in [0, 0.05) is 17.4 Å². The van der Waals surface area contributed by atoms with Crippen molar-refractivity contribution in [2.75, 3.05) is 20.8 Å². The van der Waals surface area contributed by atoms with Gasteiger partial charge in [-0.15, -0.1) is 0 Å². The van der Waals surface area contributed by atoms with Gasteiger partial charge in [-0.2, -0.15) is 0 Å². The van der Waals surface area contributed by atoms with Crippen LogP contribution < -0.4 is 0 Å². The van der Waals surface area contributed by atoms with Crippen LogP contribution in [-0.4, -0.2) is 40.6 Å². The molecule has 0 bridgehead atoms. The van der Waals surface area contributed by atoms with Crippen molar-refractivity contribution in [3.63, 3.8) is 0 Å². The first kappa shape index (κ1) is 22.1. The van der Waals surface area contributed by atoms with Gasteiger partial charge in [-0.1, -0.05) is 22.8 Å². The third-order valence-electron chi connectivity index (χ3n) is 8.62. The Morgan fingerprint density at radius 1 is 0.967 bits per heavy atom. The lowest BCUT2D eigenvalue weighted by Gasteiger charge is -2.58. The molecular formula is C24H40N2O3Si. The fraction of sp³-hybridized carbons (Fsp3) is 0.833. The van der Waals surface area contributed by atoms with E-state index in [1.807, 2.05) is 0 Å². The number of allylic oxidation sites excluding steroid dienone is 1. The maximum atomic E-state index is 6.65. The molecule has 0 aromatic heterocycles. The Labute approximate surface area is 183 Å². The SMILES string of the molecule is CO/N=C1\C=C2CC[C@@H]3[C@H](CC[C@]4(C)/C(=N/OC)CC[C@@H]34)[C@@]2(CO[Si](C)(C)C)CC1. The normalized spacial score (nSPS) is 41.1. The Bertz CT molecular complexity index is 756. The number of hydrogen-bond donors (Lipinski definition) is 0. The number of hydrogen-bond acceptors (Lipinski definition) is 5. The van der Waals surface area contributed by atoms with Crippen molar-refractivity contribution in [1.82, 2.24) is 0 Å². The monoisotopic (exact) mass is 432 g/mol. The average molecular weight is 433 g/mol.